The maximum absolute atomic E-state index is 12.8. The summed E-state index contributed by atoms with van der Waals surface area (Å²) < 4.78 is 0. The molecule has 0 fully saturated rings. The van der Waals surface area contributed by atoms with E-state index >= 15 is 0 Å². The quantitative estimate of drug-likeness (QED) is 0.492. The van der Waals surface area contributed by atoms with Crippen molar-refractivity contribution in [1.29, 1.82) is 0 Å². The molecule has 0 radical (unpaired) electrons. The van der Waals surface area contributed by atoms with Crippen LogP contribution in [0.15, 0.2) is 79.3 Å². The Morgan fingerprint density at radius 1 is 0.871 bits per heavy atom. The molecule has 4 rings (SSSR count). The molecule has 1 atom stereocenters. The Hall–Kier alpha value is -4.06. The lowest BCUT2D eigenvalue weighted by Crippen LogP contribution is -2.18. The molecule has 0 spiro atoms. The van der Waals surface area contributed by atoms with Gasteiger partial charge in [-0.1, -0.05) is 36.4 Å². The highest BCUT2D eigenvalue weighted by Crippen LogP contribution is 2.26. The molecule has 0 aliphatic carbocycles. The van der Waals surface area contributed by atoms with Crippen molar-refractivity contribution in [2.24, 2.45) is 0 Å². The van der Waals surface area contributed by atoms with Gasteiger partial charge in [0.15, 0.2) is 0 Å². The molecule has 3 N–H and O–H groups in total. The normalized spacial score (nSPS) is 11.7. The minimum Gasteiger partial charge on any atom is -0.368 e. The highest BCUT2D eigenvalue weighted by atomic mass is 16.1. The van der Waals surface area contributed by atoms with Gasteiger partial charge in [-0.3, -0.25) is 9.78 Å². The second kappa shape index (κ2) is 8.75. The molecule has 2 aromatic carbocycles. The number of rotatable bonds is 5. The van der Waals surface area contributed by atoms with Crippen LogP contribution in [0.25, 0.3) is 22.3 Å². The lowest BCUT2D eigenvalue weighted by molar-refractivity contribution is -0.117. The number of hydrogen-bond donors (Lipinski definition) is 2. The van der Waals surface area contributed by atoms with Crippen molar-refractivity contribution in [3.8, 4) is 22.3 Å². The molecule has 154 valence electrons. The lowest BCUT2D eigenvalue weighted by atomic mass is 9.96. The van der Waals surface area contributed by atoms with Crippen LogP contribution in [-0.4, -0.2) is 20.9 Å². The number of nitrogens with one attached hydrogen (secondary N) is 1. The van der Waals surface area contributed by atoms with Gasteiger partial charge in [0.1, 0.15) is 0 Å². The number of carbonyl (C=O) groups excluding carboxylic acids is 1. The summed E-state index contributed by atoms with van der Waals surface area (Å²) in [6, 6.07) is 19.6. The van der Waals surface area contributed by atoms with Crippen molar-refractivity contribution in [1.82, 2.24) is 15.0 Å². The third-order valence-corrected chi connectivity index (χ3v) is 5.17. The number of nitrogens with two attached hydrogens (primary N) is 1. The Morgan fingerprint density at radius 3 is 2.29 bits per heavy atom. The summed E-state index contributed by atoms with van der Waals surface area (Å²) in [5.74, 6) is -0.159. The molecule has 0 bridgehead atoms. The third-order valence-electron chi connectivity index (χ3n) is 5.17. The number of aryl methyl sites for hydroxylation is 1. The summed E-state index contributed by atoms with van der Waals surface area (Å²) in [5, 5.41) is 3.00. The predicted octanol–water partition coefficient (Wildman–Crippen LogP) is 4.84. The maximum Gasteiger partial charge on any atom is 0.231 e. The van der Waals surface area contributed by atoms with E-state index in [1.165, 1.54) is 0 Å². The van der Waals surface area contributed by atoms with E-state index in [9.17, 15) is 4.79 Å². The summed E-state index contributed by atoms with van der Waals surface area (Å²) in [4.78, 5) is 25.2. The van der Waals surface area contributed by atoms with Gasteiger partial charge in [0.05, 0.1) is 5.92 Å². The zero-order valence-electron chi connectivity index (χ0n) is 17.4. The number of nitrogens with zero attached hydrogens (tertiary/aromatic N) is 3. The number of anilines is 2. The molecule has 0 aliphatic heterocycles. The summed E-state index contributed by atoms with van der Waals surface area (Å²) in [5.41, 5.74) is 12.2. The maximum atomic E-state index is 12.8. The van der Waals surface area contributed by atoms with Crippen molar-refractivity contribution in [2.45, 2.75) is 19.8 Å². The van der Waals surface area contributed by atoms with Gasteiger partial charge in [0.2, 0.25) is 11.9 Å². The van der Waals surface area contributed by atoms with Crippen LogP contribution in [0.2, 0.25) is 0 Å². The van der Waals surface area contributed by atoms with Crippen molar-refractivity contribution in [3.05, 3.63) is 90.5 Å². The number of pyridine rings is 1. The van der Waals surface area contributed by atoms with Gasteiger partial charge in [0, 0.05) is 35.5 Å². The monoisotopic (exact) mass is 409 g/mol. The van der Waals surface area contributed by atoms with E-state index in [-0.39, 0.29) is 17.8 Å². The van der Waals surface area contributed by atoms with E-state index in [1.54, 1.807) is 18.6 Å². The van der Waals surface area contributed by atoms with Gasteiger partial charge in [-0.05, 0) is 60.4 Å². The largest absolute Gasteiger partial charge is 0.368 e. The molecule has 0 saturated heterocycles. The lowest BCUT2D eigenvalue weighted by Gasteiger charge is -2.14. The van der Waals surface area contributed by atoms with Gasteiger partial charge < -0.3 is 11.1 Å². The zero-order valence-corrected chi connectivity index (χ0v) is 17.4. The first-order valence-electron chi connectivity index (χ1n) is 10.0. The minimum absolute atomic E-state index is 0.0711. The fourth-order valence-electron chi connectivity index (χ4n) is 3.35. The average molecular weight is 409 g/mol. The molecule has 2 heterocycles. The zero-order chi connectivity index (χ0) is 21.8. The van der Waals surface area contributed by atoms with Gasteiger partial charge in [-0.25, -0.2) is 9.97 Å². The van der Waals surface area contributed by atoms with Crippen LogP contribution in [-0.2, 0) is 4.79 Å². The fourth-order valence-corrected chi connectivity index (χ4v) is 3.35. The highest BCUT2D eigenvalue weighted by Gasteiger charge is 2.16. The smallest absolute Gasteiger partial charge is 0.231 e. The summed E-state index contributed by atoms with van der Waals surface area (Å²) in [6.07, 6.45) is 5.16. The molecular formula is C25H23N5O. The topological polar surface area (TPSA) is 93.8 Å². The standard InChI is InChI=1S/C25H23N5O/c1-16-12-21(10-11-27-16)18-6-8-23(9-7-18)30-24(31)17(2)19-4-3-5-20(13-19)22-14-28-25(26)29-15-22/h3-15,17H,1-2H3,(H,30,31)(H2,26,28,29)/t17-/m1/s1. The number of carbonyl (C=O) groups is 1. The Labute approximate surface area is 181 Å². The molecule has 0 aliphatic rings. The number of hydrogen-bond acceptors (Lipinski definition) is 5. The van der Waals surface area contributed by atoms with Gasteiger partial charge in [0.25, 0.3) is 0 Å². The first-order valence-corrected chi connectivity index (χ1v) is 10.0. The van der Waals surface area contributed by atoms with Crippen LogP contribution in [0.4, 0.5) is 11.6 Å². The minimum atomic E-state index is -0.322. The van der Waals surface area contributed by atoms with Gasteiger partial charge in [-0.15, -0.1) is 0 Å². The highest BCUT2D eigenvalue weighted by molar-refractivity contribution is 5.96. The van der Waals surface area contributed by atoms with Crippen molar-refractivity contribution >= 4 is 17.5 Å². The molecule has 0 saturated carbocycles. The molecule has 6 heteroatoms. The first-order chi connectivity index (χ1) is 15.0. The van der Waals surface area contributed by atoms with E-state index in [0.717, 1.165) is 39.2 Å². The number of benzene rings is 2. The fraction of sp³-hybridized carbons (Fsp3) is 0.120. The number of amides is 1. The van der Waals surface area contributed by atoms with Crippen molar-refractivity contribution in [2.75, 3.05) is 11.1 Å². The molecule has 1 amide bonds. The molecule has 2 aromatic heterocycles. The molecular weight excluding hydrogens is 386 g/mol. The summed E-state index contributed by atoms with van der Waals surface area (Å²) in [6.45, 7) is 3.86. The van der Waals surface area contributed by atoms with E-state index in [2.05, 4.69) is 20.3 Å². The number of nitrogen functional groups attached to an aromatic ring is 1. The summed E-state index contributed by atoms with van der Waals surface area (Å²) in [7, 11) is 0. The average Bonchev–Trinajstić information content (AvgIpc) is 2.79. The Morgan fingerprint density at radius 2 is 1.58 bits per heavy atom. The van der Waals surface area contributed by atoms with E-state index in [1.807, 2.05) is 74.5 Å². The molecule has 6 nitrogen and oxygen atoms in total. The molecule has 4 aromatic rings. The van der Waals surface area contributed by atoms with Crippen LogP contribution in [0.3, 0.4) is 0 Å². The summed E-state index contributed by atoms with van der Waals surface area (Å²) >= 11 is 0. The van der Waals surface area contributed by atoms with Crippen LogP contribution in [0.1, 0.15) is 24.1 Å². The van der Waals surface area contributed by atoms with Gasteiger partial charge in [-0.2, -0.15) is 0 Å². The van der Waals surface area contributed by atoms with Crippen molar-refractivity contribution < 1.29 is 4.79 Å². The Kier molecular flexibility index (Phi) is 5.71. The van der Waals surface area contributed by atoms with Crippen LogP contribution < -0.4 is 11.1 Å². The number of aromatic nitrogens is 3. The van der Waals surface area contributed by atoms with E-state index < -0.39 is 0 Å². The second-order valence-corrected chi connectivity index (χ2v) is 7.43. The van der Waals surface area contributed by atoms with Crippen LogP contribution in [0.5, 0.6) is 0 Å². The Balaban J connectivity index is 1.47. The van der Waals surface area contributed by atoms with Crippen LogP contribution in [0, 0.1) is 6.92 Å². The Bertz CT molecular complexity index is 1200. The van der Waals surface area contributed by atoms with E-state index in [4.69, 9.17) is 5.73 Å². The SMILES string of the molecule is Cc1cc(-c2ccc(NC(=O)[C@H](C)c3cccc(-c4cnc(N)nc4)c3)cc2)ccn1. The first kappa shape index (κ1) is 20.2. The van der Waals surface area contributed by atoms with Crippen LogP contribution >= 0.6 is 0 Å². The third kappa shape index (κ3) is 4.75. The predicted molar refractivity (Wildman–Crippen MR) is 123 cm³/mol. The van der Waals surface area contributed by atoms with E-state index in [0.29, 0.717) is 0 Å². The second-order valence-electron chi connectivity index (χ2n) is 7.43. The van der Waals surface area contributed by atoms with Gasteiger partial charge >= 0.3 is 0 Å². The van der Waals surface area contributed by atoms with Crippen molar-refractivity contribution in [3.63, 3.8) is 0 Å². The molecule has 0 unspecified atom stereocenters. The molecule has 31 heavy (non-hydrogen) atoms.